The average molecular weight is 256 g/mol. The van der Waals surface area contributed by atoms with Crippen LogP contribution in [0.5, 0.6) is 0 Å². The Morgan fingerprint density at radius 1 is 1.32 bits per heavy atom. The van der Waals surface area contributed by atoms with Crippen LogP contribution in [-0.2, 0) is 7.05 Å². The fourth-order valence-corrected chi connectivity index (χ4v) is 2.86. The standard InChI is InChI=1S/C15H16N2O2/c1-16-8-7-12-9-13(17(18)19)10-14(15(12)16)11-5-3-2-4-6-11/h5,7-10H,2-4,6H2,1H3. The number of rotatable bonds is 2. The second-order valence-electron chi connectivity index (χ2n) is 5.09. The molecule has 0 radical (unpaired) electrons. The zero-order valence-electron chi connectivity index (χ0n) is 10.9. The lowest BCUT2D eigenvalue weighted by Crippen LogP contribution is -1.98. The van der Waals surface area contributed by atoms with Crippen molar-refractivity contribution in [2.75, 3.05) is 0 Å². The molecule has 1 aliphatic carbocycles. The van der Waals surface area contributed by atoms with E-state index in [2.05, 4.69) is 6.08 Å². The van der Waals surface area contributed by atoms with Crippen LogP contribution >= 0.6 is 0 Å². The molecule has 0 amide bonds. The predicted octanol–water partition coefficient (Wildman–Crippen LogP) is 4.04. The van der Waals surface area contributed by atoms with Crippen LogP contribution in [0.2, 0.25) is 0 Å². The van der Waals surface area contributed by atoms with Crippen LogP contribution in [-0.4, -0.2) is 9.49 Å². The van der Waals surface area contributed by atoms with E-state index < -0.39 is 0 Å². The lowest BCUT2D eigenvalue weighted by molar-refractivity contribution is -0.384. The highest BCUT2D eigenvalue weighted by atomic mass is 16.6. The number of hydrogen-bond acceptors (Lipinski definition) is 2. The first-order valence-electron chi connectivity index (χ1n) is 6.59. The normalized spacial score (nSPS) is 15.5. The molecule has 0 spiro atoms. The van der Waals surface area contributed by atoms with Gasteiger partial charge in [-0.15, -0.1) is 0 Å². The number of fused-ring (bicyclic) bond motifs is 1. The van der Waals surface area contributed by atoms with Gasteiger partial charge in [0.2, 0.25) is 0 Å². The Labute approximate surface area is 111 Å². The van der Waals surface area contributed by atoms with Gasteiger partial charge in [0.15, 0.2) is 0 Å². The first kappa shape index (κ1) is 12.0. The smallest absolute Gasteiger partial charge is 0.270 e. The van der Waals surface area contributed by atoms with E-state index in [1.54, 1.807) is 12.1 Å². The van der Waals surface area contributed by atoms with Crippen molar-refractivity contribution in [2.24, 2.45) is 7.05 Å². The molecule has 19 heavy (non-hydrogen) atoms. The number of benzene rings is 1. The molecule has 1 aromatic carbocycles. The van der Waals surface area contributed by atoms with E-state index >= 15 is 0 Å². The molecule has 4 heteroatoms. The Kier molecular flexibility index (Phi) is 2.85. The Morgan fingerprint density at radius 2 is 2.16 bits per heavy atom. The second kappa shape index (κ2) is 4.53. The summed E-state index contributed by atoms with van der Waals surface area (Å²) in [6, 6.07) is 5.32. The van der Waals surface area contributed by atoms with Gasteiger partial charge in [0.25, 0.3) is 5.69 Å². The fourth-order valence-electron chi connectivity index (χ4n) is 2.86. The number of hydrogen-bond donors (Lipinski definition) is 0. The maximum atomic E-state index is 11.1. The summed E-state index contributed by atoms with van der Waals surface area (Å²) in [6.45, 7) is 0. The average Bonchev–Trinajstić information content (AvgIpc) is 2.80. The maximum Gasteiger partial charge on any atom is 0.270 e. The largest absolute Gasteiger partial charge is 0.350 e. The molecule has 3 rings (SSSR count). The van der Waals surface area contributed by atoms with Crippen molar-refractivity contribution in [3.8, 4) is 0 Å². The van der Waals surface area contributed by atoms with Crippen molar-refractivity contribution < 1.29 is 4.92 Å². The molecule has 0 N–H and O–H groups in total. The van der Waals surface area contributed by atoms with Crippen molar-refractivity contribution in [1.82, 2.24) is 4.57 Å². The summed E-state index contributed by atoms with van der Waals surface area (Å²) in [6.07, 6.45) is 8.66. The van der Waals surface area contributed by atoms with Gasteiger partial charge in [-0.1, -0.05) is 6.08 Å². The number of aromatic nitrogens is 1. The van der Waals surface area contributed by atoms with Gasteiger partial charge in [0.05, 0.1) is 10.4 Å². The first-order valence-corrected chi connectivity index (χ1v) is 6.59. The lowest BCUT2D eigenvalue weighted by Gasteiger charge is -2.15. The molecular weight excluding hydrogens is 240 g/mol. The third-order valence-electron chi connectivity index (χ3n) is 3.80. The quantitative estimate of drug-likeness (QED) is 0.601. The Bertz CT molecular complexity index is 683. The predicted molar refractivity (Wildman–Crippen MR) is 76.0 cm³/mol. The molecule has 0 fully saturated rings. The van der Waals surface area contributed by atoms with Crippen LogP contribution in [0.4, 0.5) is 5.69 Å². The highest BCUT2D eigenvalue weighted by Crippen LogP contribution is 2.35. The Morgan fingerprint density at radius 3 is 2.84 bits per heavy atom. The third kappa shape index (κ3) is 2.03. The summed E-state index contributed by atoms with van der Waals surface area (Å²) in [5.74, 6) is 0. The van der Waals surface area contributed by atoms with Crippen LogP contribution in [0, 0.1) is 10.1 Å². The molecule has 2 aromatic rings. The first-order chi connectivity index (χ1) is 9.16. The number of nitro benzene ring substituents is 1. The maximum absolute atomic E-state index is 11.1. The zero-order chi connectivity index (χ0) is 13.4. The van der Waals surface area contributed by atoms with E-state index in [1.807, 2.05) is 23.9 Å². The number of allylic oxidation sites excluding steroid dienone is 2. The van der Waals surface area contributed by atoms with Crippen LogP contribution < -0.4 is 0 Å². The summed E-state index contributed by atoms with van der Waals surface area (Å²) in [5, 5.41) is 12.0. The van der Waals surface area contributed by atoms with E-state index in [0.717, 1.165) is 29.3 Å². The minimum atomic E-state index is -0.306. The molecule has 0 bridgehead atoms. The van der Waals surface area contributed by atoms with E-state index in [9.17, 15) is 10.1 Å². The van der Waals surface area contributed by atoms with Gasteiger partial charge in [-0.25, -0.2) is 0 Å². The summed E-state index contributed by atoms with van der Waals surface area (Å²) < 4.78 is 2.05. The van der Waals surface area contributed by atoms with Crippen molar-refractivity contribution in [3.63, 3.8) is 0 Å². The highest BCUT2D eigenvalue weighted by Gasteiger charge is 2.17. The van der Waals surface area contributed by atoms with Crippen molar-refractivity contribution in [1.29, 1.82) is 0 Å². The van der Waals surface area contributed by atoms with Crippen molar-refractivity contribution in [2.45, 2.75) is 25.7 Å². The monoisotopic (exact) mass is 256 g/mol. The lowest BCUT2D eigenvalue weighted by atomic mass is 9.92. The third-order valence-corrected chi connectivity index (χ3v) is 3.80. The minimum absolute atomic E-state index is 0.181. The van der Waals surface area contributed by atoms with E-state index in [-0.39, 0.29) is 10.6 Å². The van der Waals surface area contributed by atoms with Gasteiger partial charge in [0.1, 0.15) is 0 Å². The molecule has 0 aliphatic heterocycles. The van der Waals surface area contributed by atoms with Crippen LogP contribution in [0.25, 0.3) is 16.5 Å². The number of aryl methyl sites for hydroxylation is 1. The van der Waals surface area contributed by atoms with Gasteiger partial charge in [0, 0.05) is 36.3 Å². The summed E-state index contributed by atoms with van der Waals surface area (Å²) >= 11 is 0. The molecule has 0 saturated heterocycles. The van der Waals surface area contributed by atoms with Crippen LogP contribution in [0.1, 0.15) is 31.2 Å². The van der Waals surface area contributed by atoms with Gasteiger partial charge in [-0.3, -0.25) is 10.1 Å². The van der Waals surface area contributed by atoms with Gasteiger partial charge in [-0.05, 0) is 37.3 Å². The van der Waals surface area contributed by atoms with E-state index in [0.29, 0.717) is 0 Å². The second-order valence-corrected chi connectivity index (χ2v) is 5.09. The number of non-ortho nitro benzene ring substituents is 1. The molecule has 1 aliphatic rings. The SMILES string of the molecule is Cn1ccc2cc([N+](=O)[O-])cc(C3=CCCCC3)c21. The molecule has 98 valence electrons. The summed E-state index contributed by atoms with van der Waals surface area (Å²) in [4.78, 5) is 10.8. The highest BCUT2D eigenvalue weighted by molar-refractivity contribution is 5.94. The van der Waals surface area contributed by atoms with Gasteiger partial charge >= 0.3 is 0 Å². The topological polar surface area (TPSA) is 48.1 Å². The molecule has 0 saturated carbocycles. The van der Waals surface area contributed by atoms with Gasteiger partial charge in [-0.2, -0.15) is 0 Å². The fraction of sp³-hybridized carbons (Fsp3) is 0.333. The summed E-state index contributed by atoms with van der Waals surface area (Å²) in [7, 11) is 1.99. The Hall–Kier alpha value is -2.10. The molecular formula is C15H16N2O2. The molecule has 1 heterocycles. The minimum Gasteiger partial charge on any atom is -0.350 e. The van der Waals surface area contributed by atoms with Gasteiger partial charge < -0.3 is 4.57 Å². The molecule has 4 nitrogen and oxygen atoms in total. The number of nitro groups is 1. The number of nitrogens with zero attached hydrogens (tertiary/aromatic N) is 2. The zero-order valence-corrected chi connectivity index (χ0v) is 10.9. The Balaban J connectivity index is 2.27. The summed E-state index contributed by atoms with van der Waals surface area (Å²) in [5.41, 5.74) is 3.55. The van der Waals surface area contributed by atoms with E-state index in [1.165, 1.54) is 18.4 Å². The molecule has 0 unspecified atom stereocenters. The van der Waals surface area contributed by atoms with Crippen LogP contribution in [0.15, 0.2) is 30.5 Å². The van der Waals surface area contributed by atoms with Crippen LogP contribution in [0.3, 0.4) is 0 Å². The molecule has 0 atom stereocenters. The van der Waals surface area contributed by atoms with Crippen molar-refractivity contribution in [3.05, 3.63) is 46.1 Å². The van der Waals surface area contributed by atoms with Crippen molar-refractivity contribution >= 4 is 22.2 Å². The van der Waals surface area contributed by atoms with E-state index in [4.69, 9.17) is 0 Å². The molecule has 1 aromatic heterocycles.